The quantitative estimate of drug-likeness (QED) is 0.775. The van der Waals surface area contributed by atoms with Crippen LogP contribution in [0.15, 0.2) is 24.3 Å². The Balaban J connectivity index is 1.67. The van der Waals surface area contributed by atoms with Crippen LogP contribution >= 0.6 is 0 Å². The van der Waals surface area contributed by atoms with Crippen LogP contribution in [-0.4, -0.2) is 47.6 Å². The number of hydrogen-bond donors (Lipinski definition) is 2. The van der Waals surface area contributed by atoms with Crippen molar-refractivity contribution < 1.29 is 19.7 Å². The molecule has 0 amide bonds. The van der Waals surface area contributed by atoms with Crippen LogP contribution in [0.1, 0.15) is 45.6 Å². The summed E-state index contributed by atoms with van der Waals surface area (Å²) in [6, 6.07) is 7.69. The Morgan fingerprint density at radius 1 is 1.19 bits per heavy atom. The van der Waals surface area contributed by atoms with Gasteiger partial charge < -0.3 is 19.8 Å². The highest BCUT2D eigenvalue weighted by Gasteiger charge is 2.34. The molecular weight excluding hydrogens is 342 g/mol. The van der Waals surface area contributed by atoms with Crippen LogP contribution in [0.2, 0.25) is 0 Å². The second-order valence-electron chi connectivity index (χ2n) is 8.70. The summed E-state index contributed by atoms with van der Waals surface area (Å²) < 4.78 is 5.94. The molecule has 1 heterocycles. The summed E-state index contributed by atoms with van der Waals surface area (Å²) in [5.74, 6) is 1.35. The van der Waals surface area contributed by atoms with E-state index in [0.717, 1.165) is 24.1 Å². The molecule has 0 spiro atoms. The zero-order valence-corrected chi connectivity index (χ0v) is 16.7. The molecule has 1 aliphatic heterocycles. The molecule has 5 atom stereocenters. The molecule has 150 valence electrons. The first-order valence-corrected chi connectivity index (χ1v) is 10.2. The Bertz CT molecular complexity index is 637. The van der Waals surface area contributed by atoms with E-state index < -0.39 is 12.2 Å². The zero-order chi connectivity index (χ0) is 19.6. The maximum atomic E-state index is 12.7. The van der Waals surface area contributed by atoms with E-state index in [9.17, 15) is 15.0 Å². The molecule has 0 unspecified atom stereocenters. The van der Waals surface area contributed by atoms with E-state index in [1.165, 1.54) is 6.42 Å². The predicted molar refractivity (Wildman–Crippen MR) is 106 cm³/mol. The second-order valence-corrected chi connectivity index (χ2v) is 8.70. The molecule has 1 saturated heterocycles. The minimum atomic E-state index is -0.750. The van der Waals surface area contributed by atoms with E-state index >= 15 is 0 Å². The van der Waals surface area contributed by atoms with Crippen LogP contribution in [0.4, 0.5) is 5.69 Å². The number of nitrogens with zero attached hydrogens (tertiary/aromatic N) is 1. The van der Waals surface area contributed by atoms with Crippen molar-refractivity contribution in [3.63, 3.8) is 0 Å². The lowest BCUT2D eigenvalue weighted by molar-refractivity contribution is -0.155. The van der Waals surface area contributed by atoms with Crippen molar-refractivity contribution in [3.8, 4) is 0 Å². The van der Waals surface area contributed by atoms with Crippen molar-refractivity contribution in [1.82, 2.24) is 0 Å². The Morgan fingerprint density at radius 2 is 1.85 bits per heavy atom. The van der Waals surface area contributed by atoms with E-state index in [4.69, 9.17) is 4.74 Å². The fraction of sp³-hybridized carbons (Fsp3) is 0.682. The number of carbonyl (C=O) groups is 1. The lowest BCUT2D eigenvalue weighted by atomic mass is 9.75. The van der Waals surface area contributed by atoms with Gasteiger partial charge in [0.15, 0.2) is 0 Å². The number of para-hydroxylation sites is 1. The van der Waals surface area contributed by atoms with Gasteiger partial charge in [0, 0.05) is 18.8 Å². The van der Waals surface area contributed by atoms with E-state index in [1.807, 2.05) is 29.2 Å². The Hall–Kier alpha value is -1.59. The van der Waals surface area contributed by atoms with E-state index in [0.29, 0.717) is 30.8 Å². The van der Waals surface area contributed by atoms with Crippen molar-refractivity contribution in [2.24, 2.45) is 17.8 Å². The molecule has 2 aliphatic rings. The number of rotatable bonds is 5. The third-order valence-electron chi connectivity index (χ3n) is 6.17. The Morgan fingerprint density at radius 3 is 2.52 bits per heavy atom. The number of benzene rings is 1. The van der Waals surface area contributed by atoms with Crippen LogP contribution in [0.3, 0.4) is 0 Å². The molecule has 0 radical (unpaired) electrons. The summed E-state index contributed by atoms with van der Waals surface area (Å²) in [5, 5.41) is 19.7. The van der Waals surface area contributed by atoms with Crippen molar-refractivity contribution in [2.75, 3.05) is 18.0 Å². The van der Waals surface area contributed by atoms with Crippen LogP contribution in [0.5, 0.6) is 0 Å². The number of β-amino-alcohol motifs (C(OH)–C–C–N with tert-alkyl or cyclic N) is 2. The number of hydrogen-bond acceptors (Lipinski definition) is 5. The molecule has 1 saturated carbocycles. The van der Waals surface area contributed by atoms with Crippen molar-refractivity contribution in [1.29, 1.82) is 0 Å². The van der Waals surface area contributed by atoms with Gasteiger partial charge in [0.25, 0.3) is 0 Å². The average molecular weight is 376 g/mol. The van der Waals surface area contributed by atoms with Crippen LogP contribution < -0.4 is 4.90 Å². The van der Waals surface area contributed by atoms with Gasteiger partial charge in [-0.15, -0.1) is 0 Å². The normalized spacial score (nSPS) is 31.3. The molecule has 5 heteroatoms. The summed E-state index contributed by atoms with van der Waals surface area (Å²) >= 11 is 0. The summed E-state index contributed by atoms with van der Waals surface area (Å²) in [6.45, 7) is 7.41. The lowest BCUT2D eigenvalue weighted by Gasteiger charge is -2.36. The highest BCUT2D eigenvalue weighted by atomic mass is 16.5. The van der Waals surface area contributed by atoms with Crippen LogP contribution in [-0.2, 0) is 16.0 Å². The molecule has 1 aromatic rings. The molecule has 0 bridgehead atoms. The highest BCUT2D eigenvalue weighted by molar-refractivity contribution is 5.76. The van der Waals surface area contributed by atoms with Gasteiger partial charge in [-0.3, -0.25) is 4.79 Å². The number of carbonyl (C=O) groups excluding carboxylic acids is 1. The van der Waals surface area contributed by atoms with Gasteiger partial charge in [-0.1, -0.05) is 45.4 Å². The fourth-order valence-electron chi connectivity index (χ4n) is 4.55. The number of aliphatic hydroxyl groups is 2. The smallest absolute Gasteiger partial charge is 0.310 e. The number of aliphatic hydroxyl groups excluding tert-OH is 2. The highest BCUT2D eigenvalue weighted by Crippen LogP contribution is 2.35. The molecule has 1 aliphatic carbocycles. The Labute approximate surface area is 162 Å². The molecule has 1 aromatic carbocycles. The van der Waals surface area contributed by atoms with E-state index in [1.54, 1.807) is 0 Å². The lowest BCUT2D eigenvalue weighted by Crippen LogP contribution is -2.36. The van der Waals surface area contributed by atoms with Crippen molar-refractivity contribution in [2.45, 2.75) is 64.8 Å². The Kier molecular flexibility index (Phi) is 6.43. The largest absolute Gasteiger partial charge is 0.462 e. The molecule has 5 nitrogen and oxygen atoms in total. The molecule has 2 N–H and O–H groups in total. The molecule has 2 fully saturated rings. The van der Waals surface area contributed by atoms with Crippen molar-refractivity contribution in [3.05, 3.63) is 29.8 Å². The topological polar surface area (TPSA) is 70.0 Å². The fourth-order valence-corrected chi connectivity index (χ4v) is 4.55. The molecular formula is C22H33NO4. The third kappa shape index (κ3) is 4.82. The van der Waals surface area contributed by atoms with Gasteiger partial charge in [0.2, 0.25) is 0 Å². The van der Waals surface area contributed by atoms with Gasteiger partial charge in [0.1, 0.15) is 6.10 Å². The molecule has 0 aromatic heterocycles. The SMILES string of the molecule is CC(C)[C@@H]1CC[C@@H](C)C[C@H]1OC(=O)Cc1ccccc1N1C[C@@H](O)[C@@H](O)C1. The van der Waals surface area contributed by atoms with Gasteiger partial charge in [-0.05, 0) is 42.2 Å². The average Bonchev–Trinajstić information content (AvgIpc) is 2.94. The summed E-state index contributed by atoms with van der Waals surface area (Å²) in [5.41, 5.74) is 1.77. The van der Waals surface area contributed by atoms with Crippen LogP contribution in [0, 0.1) is 17.8 Å². The maximum Gasteiger partial charge on any atom is 0.310 e. The van der Waals surface area contributed by atoms with E-state index in [2.05, 4.69) is 20.8 Å². The standard InChI is InChI=1S/C22H33NO4/c1-14(2)17-9-8-15(3)10-21(17)27-22(26)11-16-6-4-5-7-18(16)23-12-19(24)20(25)13-23/h4-7,14-15,17,19-21,24-25H,8-13H2,1-3H3/t15-,17+,19-,20+,21-/m1/s1. The van der Waals surface area contributed by atoms with Gasteiger partial charge in [-0.25, -0.2) is 0 Å². The first-order valence-electron chi connectivity index (χ1n) is 10.2. The number of anilines is 1. The van der Waals surface area contributed by atoms with Gasteiger partial charge in [-0.2, -0.15) is 0 Å². The predicted octanol–water partition coefficient (Wildman–Crippen LogP) is 2.77. The third-order valence-corrected chi connectivity index (χ3v) is 6.17. The summed E-state index contributed by atoms with van der Waals surface area (Å²) in [4.78, 5) is 14.7. The maximum absolute atomic E-state index is 12.7. The van der Waals surface area contributed by atoms with Crippen LogP contribution in [0.25, 0.3) is 0 Å². The minimum absolute atomic E-state index is 0.00356. The zero-order valence-electron chi connectivity index (χ0n) is 16.7. The van der Waals surface area contributed by atoms with Gasteiger partial charge >= 0.3 is 5.97 Å². The first kappa shape index (κ1) is 20.2. The second kappa shape index (κ2) is 8.61. The minimum Gasteiger partial charge on any atom is -0.462 e. The first-order chi connectivity index (χ1) is 12.8. The molecule has 3 rings (SSSR count). The number of esters is 1. The summed E-state index contributed by atoms with van der Waals surface area (Å²) in [6.07, 6.45) is 2.00. The number of ether oxygens (including phenoxy) is 1. The van der Waals surface area contributed by atoms with Gasteiger partial charge in [0.05, 0.1) is 18.6 Å². The monoisotopic (exact) mass is 375 g/mol. The van der Waals surface area contributed by atoms with E-state index in [-0.39, 0.29) is 18.5 Å². The molecule has 27 heavy (non-hydrogen) atoms. The summed E-state index contributed by atoms with van der Waals surface area (Å²) in [7, 11) is 0. The van der Waals surface area contributed by atoms with Crippen molar-refractivity contribution >= 4 is 11.7 Å².